The minimum Gasteiger partial charge on any atom is -0.390 e. The molecule has 1 atom stereocenters. The quantitative estimate of drug-likeness (QED) is 0.534. The van der Waals surface area contributed by atoms with Crippen LogP contribution in [-0.4, -0.2) is 62.3 Å². The third-order valence-corrected chi connectivity index (χ3v) is 5.49. The Morgan fingerprint density at radius 1 is 1.25 bits per heavy atom. The summed E-state index contributed by atoms with van der Waals surface area (Å²) in [5, 5.41) is 16.2. The first-order chi connectivity index (χ1) is 13.5. The molecule has 9 heteroatoms. The minimum absolute atomic E-state index is 0.0483. The summed E-state index contributed by atoms with van der Waals surface area (Å²) in [5.74, 6) is -0.0990. The van der Waals surface area contributed by atoms with E-state index in [1.165, 1.54) is 11.3 Å². The Kier molecular flexibility index (Phi) is 7.41. The number of halogens is 1. The van der Waals surface area contributed by atoms with Gasteiger partial charge in [0.15, 0.2) is 5.78 Å². The fourth-order valence-electron chi connectivity index (χ4n) is 2.76. The number of carbonyl (C=O) groups excluding carboxylic acids is 2. The van der Waals surface area contributed by atoms with Crippen LogP contribution in [0.15, 0.2) is 36.4 Å². The van der Waals surface area contributed by atoms with Gasteiger partial charge in [-0.05, 0) is 36.4 Å². The van der Waals surface area contributed by atoms with Gasteiger partial charge >= 0.3 is 0 Å². The van der Waals surface area contributed by atoms with Gasteiger partial charge in [0.05, 0.1) is 28.5 Å². The predicted molar refractivity (Wildman–Crippen MR) is 111 cm³/mol. The molecule has 1 fully saturated rings. The maximum atomic E-state index is 12.0. The number of rotatable bonds is 9. The summed E-state index contributed by atoms with van der Waals surface area (Å²) in [4.78, 5) is 26.1. The van der Waals surface area contributed by atoms with Crippen molar-refractivity contribution >= 4 is 46.0 Å². The molecule has 1 saturated heterocycles. The van der Waals surface area contributed by atoms with Crippen molar-refractivity contribution in [1.82, 2.24) is 5.32 Å². The Labute approximate surface area is 172 Å². The zero-order chi connectivity index (χ0) is 19.9. The molecule has 1 aliphatic heterocycles. The zero-order valence-electron chi connectivity index (χ0n) is 15.2. The number of hydrogen-bond acceptors (Lipinski definition) is 7. The van der Waals surface area contributed by atoms with Crippen LogP contribution in [0.3, 0.4) is 0 Å². The van der Waals surface area contributed by atoms with Crippen molar-refractivity contribution in [2.45, 2.75) is 6.10 Å². The van der Waals surface area contributed by atoms with Crippen LogP contribution in [-0.2, 0) is 9.53 Å². The van der Waals surface area contributed by atoms with Gasteiger partial charge in [-0.15, -0.1) is 11.3 Å². The number of nitrogens with zero attached hydrogens (tertiary/aromatic N) is 1. The highest BCUT2D eigenvalue weighted by atomic mass is 35.5. The molecular weight excluding hydrogens is 402 g/mol. The van der Waals surface area contributed by atoms with Gasteiger partial charge in [-0.2, -0.15) is 0 Å². The van der Waals surface area contributed by atoms with Gasteiger partial charge in [-0.25, -0.2) is 0 Å². The highest BCUT2D eigenvalue weighted by Crippen LogP contribution is 2.21. The lowest BCUT2D eigenvalue weighted by molar-refractivity contribution is -0.125. The van der Waals surface area contributed by atoms with E-state index in [9.17, 15) is 14.7 Å². The van der Waals surface area contributed by atoms with Crippen molar-refractivity contribution < 1.29 is 19.4 Å². The fourth-order valence-corrected chi connectivity index (χ4v) is 3.74. The number of aliphatic hydroxyl groups is 1. The Balaban J connectivity index is 1.38. The van der Waals surface area contributed by atoms with E-state index >= 15 is 0 Å². The standard InChI is InChI=1S/C19H22ClN3O4S/c20-18-6-5-17(28-18)16(25)11-21-9-15(24)10-22-13-1-3-14(4-2-13)23-7-8-27-12-19(23)26/h1-6,15,21-22,24H,7-12H2/t15-/m0/s1. The number of carbonyl (C=O) groups is 2. The minimum atomic E-state index is -0.653. The van der Waals surface area contributed by atoms with Gasteiger partial charge in [-0.3, -0.25) is 9.59 Å². The van der Waals surface area contributed by atoms with Crippen molar-refractivity contribution in [1.29, 1.82) is 0 Å². The van der Waals surface area contributed by atoms with Gasteiger partial charge in [0.25, 0.3) is 5.91 Å². The third kappa shape index (κ3) is 5.76. The SMILES string of the molecule is O=C(CNC[C@H](O)CNc1ccc(N2CCOCC2=O)cc1)c1ccc(Cl)s1. The van der Waals surface area contributed by atoms with Crippen LogP contribution < -0.4 is 15.5 Å². The maximum Gasteiger partial charge on any atom is 0.253 e. The van der Waals surface area contributed by atoms with Crippen molar-refractivity contribution in [3.05, 3.63) is 45.6 Å². The first-order valence-corrected chi connectivity index (χ1v) is 10.1. The molecule has 1 amide bonds. The molecule has 7 nitrogen and oxygen atoms in total. The number of thiophene rings is 1. The Morgan fingerprint density at radius 2 is 2.04 bits per heavy atom. The Bertz CT molecular complexity index is 812. The average molecular weight is 424 g/mol. The van der Waals surface area contributed by atoms with Gasteiger partial charge in [0.1, 0.15) is 6.61 Å². The summed E-state index contributed by atoms with van der Waals surface area (Å²) >= 11 is 7.07. The molecule has 1 aromatic heterocycles. The second-order valence-electron chi connectivity index (χ2n) is 6.34. The summed E-state index contributed by atoms with van der Waals surface area (Å²) in [6.45, 7) is 1.97. The number of Topliss-reactive ketones (excluding diaryl/α,β-unsaturated/α-hetero) is 1. The molecule has 0 saturated carbocycles. The van der Waals surface area contributed by atoms with Gasteiger partial charge in [0, 0.05) is 31.0 Å². The molecule has 0 spiro atoms. The molecule has 1 aliphatic rings. The number of aliphatic hydroxyl groups excluding tert-OH is 1. The maximum absolute atomic E-state index is 12.0. The first kappa shape index (κ1) is 20.8. The predicted octanol–water partition coefficient (Wildman–Crippen LogP) is 2.01. The molecule has 0 bridgehead atoms. The van der Waals surface area contributed by atoms with E-state index in [0.717, 1.165) is 11.4 Å². The van der Waals surface area contributed by atoms with Crippen LogP contribution >= 0.6 is 22.9 Å². The van der Waals surface area contributed by atoms with Crippen LogP contribution in [0, 0.1) is 0 Å². The number of nitrogens with one attached hydrogen (secondary N) is 2. The lowest BCUT2D eigenvalue weighted by Gasteiger charge is -2.27. The van der Waals surface area contributed by atoms with Crippen molar-refractivity contribution in [2.24, 2.45) is 0 Å². The molecule has 0 radical (unpaired) electrons. The smallest absolute Gasteiger partial charge is 0.253 e. The molecule has 28 heavy (non-hydrogen) atoms. The molecule has 0 aliphatic carbocycles. The van der Waals surface area contributed by atoms with Crippen molar-refractivity contribution in [2.75, 3.05) is 49.6 Å². The molecule has 3 N–H and O–H groups in total. The Morgan fingerprint density at radius 3 is 2.71 bits per heavy atom. The van der Waals surface area contributed by atoms with E-state index in [2.05, 4.69) is 10.6 Å². The molecule has 2 heterocycles. The van der Waals surface area contributed by atoms with Crippen LogP contribution in [0.4, 0.5) is 11.4 Å². The number of hydrogen-bond donors (Lipinski definition) is 3. The summed E-state index contributed by atoms with van der Waals surface area (Å²) in [6.07, 6.45) is -0.653. The molecule has 3 rings (SSSR count). The third-order valence-electron chi connectivity index (χ3n) is 4.22. The number of amides is 1. The van der Waals surface area contributed by atoms with Crippen LogP contribution in [0.1, 0.15) is 9.67 Å². The first-order valence-electron chi connectivity index (χ1n) is 8.92. The summed E-state index contributed by atoms with van der Waals surface area (Å²) < 4.78 is 5.71. The van der Waals surface area contributed by atoms with E-state index in [0.29, 0.717) is 28.9 Å². The highest BCUT2D eigenvalue weighted by molar-refractivity contribution is 7.18. The normalized spacial score (nSPS) is 15.5. The summed E-state index contributed by atoms with van der Waals surface area (Å²) in [6, 6.07) is 10.8. The lowest BCUT2D eigenvalue weighted by Crippen LogP contribution is -2.41. The van der Waals surface area contributed by atoms with Crippen molar-refractivity contribution in [3.8, 4) is 0 Å². The number of anilines is 2. The van der Waals surface area contributed by atoms with Crippen molar-refractivity contribution in [3.63, 3.8) is 0 Å². The summed E-state index contributed by atoms with van der Waals surface area (Å²) in [7, 11) is 0. The molecule has 2 aromatic rings. The topological polar surface area (TPSA) is 90.9 Å². The van der Waals surface area contributed by atoms with Crippen LogP contribution in [0.5, 0.6) is 0 Å². The van der Waals surface area contributed by atoms with E-state index in [1.54, 1.807) is 17.0 Å². The van der Waals surface area contributed by atoms with E-state index in [4.69, 9.17) is 16.3 Å². The second-order valence-corrected chi connectivity index (χ2v) is 8.05. The van der Waals surface area contributed by atoms with Gasteiger partial charge < -0.3 is 25.4 Å². The van der Waals surface area contributed by atoms with Crippen LogP contribution in [0.2, 0.25) is 4.34 Å². The number of ether oxygens (including phenoxy) is 1. The van der Waals surface area contributed by atoms with E-state index in [-0.39, 0.29) is 31.4 Å². The number of morpholine rings is 1. The zero-order valence-corrected chi connectivity index (χ0v) is 16.8. The van der Waals surface area contributed by atoms with Gasteiger partial charge in [0.2, 0.25) is 0 Å². The number of ketones is 1. The number of benzene rings is 1. The summed E-state index contributed by atoms with van der Waals surface area (Å²) in [5.41, 5.74) is 1.67. The molecular formula is C19H22ClN3O4S. The molecule has 0 unspecified atom stereocenters. The Hall–Kier alpha value is -1.97. The average Bonchev–Trinajstić information content (AvgIpc) is 3.14. The van der Waals surface area contributed by atoms with Crippen LogP contribution in [0.25, 0.3) is 0 Å². The fraction of sp³-hybridized carbons (Fsp3) is 0.368. The van der Waals surface area contributed by atoms with E-state index in [1.807, 2.05) is 24.3 Å². The second kappa shape index (κ2) is 9.99. The van der Waals surface area contributed by atoms with E-state index < -0.39 is 6.10 Å². The molecule has 1 aromatic carbocycles. The van der Waals surface area contributed by atoms with Gasteiger partial charge in [-0.1, -0.05) is 11.6 Å². The lowest BCUT2D eigenvalue weighted by atomic mass is 10.2. The largest absolute Gasteiger partial charge is 0.390 e. The highest BCUT2D eigenvalue weighted by Gasteiger charge is 2.19. The molecule has 150 valence electrons. The monoisotopic (exact) mass is 423 g/mol.